The number of rotatable bonds is 55. The molecule has 93 heavy (non-hydrogen) atoms. The highest BCUT2D eigenvalue weighted by atomic mass is 16.8. The van der Waals surface area contributed by atoms with E-state index in [0.717, 1.165) is 58.3 Å². The van der Waals surface area contributed by atoms with E-state index in [-0.39, 0.29) is 12.3 Å². The Kier molecular flexibility index (Phi) is 45.9. The number of aliphatic carboxylic acids is 1. The molecule has 0 aromatic carbocycles. The van der Waals surface area contributed by atoms with Crippen LogP contribution in [0, 0.1) is 0 Å². The lowest BCUT2D eigenvalue weighted by molar-refractivity contribution is -0.386. The molecular weight excluding hydrogens is 1200 g/mol. The fourth-order valence-electron chi connectivity index (χ4n) is 12.6. The number of unbranched alkanes of at least 4 members (excludes halogenated alkanes) is 33. The van der Waals surface area contributed by atoms with Gasteiger partial charge in [-0.2, -0.15) is 0 Å². The summed E-state index contributed by atoms with van der Waals surface area (Å²) in [6, 6.07) is -2.62. The average molecular weight is 1330 g/mol. The Morgan fingerprint density at radius 1 is 0.559 bits per heavy atom. The number of aliphatic hydroxyl groups is 11. The van der Waals surface area contributed by atoms with Gasteiger partial charge in [-0.15, -0.1) is 0 Å². The third-order valence-corrected chi connectivity index (χ3v) is 18.4. The van der Waals surface area contributed by atoms with Gasteiger partial charge in [-0.25, -0.2) is 4.79 Å². The number of aliphatic hydroxyl groups excluding tert-OH is 11. The number of carbonyl (C=O) groups excluding carboxylic acids is 2. The number of carbonyl (C=O) groups is 3. The standard InChI is InChI=1S/C70H128N2O21/c1-4-6-8-10-12-14-16-18-20-21-22-23-24-25-26-27-28-29-30-32-34-36-38-40-42-44-57(80)72-51(52(77)43-41-39-37-35-33-31-19-17-15-13-11-9-7-5-2)49-88-67-62(84)61(83)64(56(48-75)90-67)91-68-63(85)66(60(82)55(47-74)89-68)93-70(69(86)87)45-53(78)58(71-50(3)76)65(92-70)59(81)54(79)46-73/h25-26,41,43,51-56,58-68,73-75,77-79,81-85H,4-24,27-40,42,44-49H2,1-3H3,(H,71,76)(H,72,80)(H,86,87)/b26-25-,43-41+. The topological polar surface area (TPSA) is 373 Å². The van der Waals surface area contributed by atoms with Crippen LogP contribution in [0.2, 0.25) is 0 Å². The van der Waals surface area contributed by atoms with E-state index in [1.165, 1.54) is 167 Å². The molecule has 3 aliphatic rings. The molecule has 2 amide bonds. The zero-order valence-corrected chi connectivity index (χ0v) is 56.9. The summed E-state index contributed by atoms with van der Waals surface area (Å²) < 4.78 is 34.8. The highest BCUT2D eigenvalue weighted by Gasteiger charge is 2.60. The molecule has 3 aliphatic heterocycles. The van der Waals surface area contributed by atoms with Gasteiger partial charge >= 0.3 is 5.97 Å². The molecule has 23 heteroatoms. The highest BCUT2D eigenvalue weighted by Crippen LogP contribution is 2.39. The first kappa shape index (κ1) is 84.4. The van der Waals surface area contributed by atoms with Crippen molar-refractivity contribution in [1.82, 2.24) is 10.6 Å². The third kappa shape index (κ3) is 32.6. The van der Waals surface area contributed by atoms with Crippen LogP contribution in [0.15, 0.2) is 24.3 Å². The first-order valence-corrected chi connectivity index (χ1v) is 36.2. The zero-order chi connectivity index (χ0) is 68.2. The number of nitrogens with one attached hydrogen (secondary N) is 2. The van der Waals surface area contributed by atoms with Crippen LogP contribution in [-0.2, 0) is 42.8 Å². The van der Waals surface area contributed by atoms with E-state index in [0.29, 0.717) is 12.8 Å². The van der Waals surface area contributed by atoms with Crippen molar-refractivity contribution in [3.63, 3.8) is 0 Å². The van der Waals surface area contributed by atoms with Crippen molar-refractivity contribution in [2.75, 3.05) is 26.4 Å². The van der Waals surface area contributed by atoms with Crippen LogP contribution in [0.3, 0.4) is 0 Å². The van der Waals surface area contributed by atoms with E-state index < -0.39 is 155 Å². The molecule has 18 unspecified atom stereocenters. The molecule has 23 nitrogen and oxygen atoms in total. The predicted molar refractivity (Wildman–Crippen MR) is 352 cm³/mol. The van der Waals surface area contributed by atoms with Crippen molar-refractivity contribution in [2.45, 2.75) is 375 Å². The quantitative estimate of drug-likeness (QED) is 0.0211. The fraction of sp³-hybridized carbons (Fsp3) is 0.900. The van der Waals surface area contributed by atoms with Gasteiger partial charge in [-0.1, -0.05) is 224 Å². The SMILES string of the molecule is CCCCCCCCCCCCCC/C=C\CCCCCCCCCCCC(=O)NC(COC1OC(CO)C(OC2OC(CO)C(O)C(OC3(C(=O)O)CC(O)C(NC(C)=O)C(C(O)C(O)CO)O3)C2O)C(O)C1O)C(O)/C=C/CCCCCCCCCCCCCC. The lowest BCUT2D eigenvalue weighted by Crippen LogP contribution is -2.70. The maximum Gasteiger partial charge on any atom is 0.364 e. The Morgan fingerprint density at radius 2 is 1.01 bits per heavy atom. The van der Waals surface area contributed by atoms with Gasteiger partial charge in [0.1, 0.15) is 67.1 Å². The summed E-state index contributed by atoms with van der Waals surface area (Å²) in [5.74, 6) is -6.14. The molecule has 0 aromatic rings. The summed E-state index contributed by atoms with van der Waals surface area (Å²) >= 11 is 0. The van der Waals surface area contributed by atoms with Gasteiger partial charge in [0.15, 0.2) is 12.6 Å². The Hall–Kier alpha value is -2.79. The number of carboxylic acids is 1. The zero-order valence-electron chi connectivity index (χ0n) is 56.9. The lowest BCUT2D eigenvalue weighted by atomic mass is 9.88. The van der Waals surface area contributed by atoms with Crippen molar-refractivity contribution >= 4 is 17.8 Å². The predicted octanol–water partition coefficient (Wildman–Crippen LogP) is 7.23. The van der Waals surface area contributed by atoms with E-state index in [1.807, 2.05) is 6.08 Å². The molecule has 0 saturated carbocycles. The van der Waals surface area contributed by atoms with Crippen molar-refractivity contribution < 1.29 is 104 Å². The van der Waals surface area contributed by atoms with Gasteiger partial charge in [0, 0.05) is 19.8 Å². The maximum atomic E-state index is 13.5. The molecule has 3 fully saturated rings. The van der Waals surface area contributed by atoms with E-state index in [9.17, 15) is 75.7 Å². The lowest BCUT2D eigenvalue weighted by Gasteiger charge is -2.50. The first-order chi connectivity index (χ1) is 44.9. The summed E-state index contributed by atoms with van der Waals surface area (Å²) in [4.78, 5) is 38.6. The number of allylic oxidation sites excluding steroid dienone is 3. The van der Waals surface area contributed by atoms with Gasteiger partial charge in [0.2, 0.25) is 11.8 Å². The van der Waals surface area contributed by atoms with Crippen LogP contribution in [0.5, 0.6) is 0 Å². The van der Waals surface area contributed by atoms with Crippen molar-refractivity contribution in [2.24, 2.45) is 0 Å². The van der Waals surface area contributed by atoms with Crippen LogP contribution in [0.1, 0.15) is 265 Å². The second-order valence-corrected chi connectivity index (χ2v) is 26.4. The van der Waals surface area contributed by atoms with Gasteiger partial charge < -0.3 is 100 Å². The molecule has 0 bridgehead atoms. The number of amides is 2. The van der Waals surface area contributed by atoms with Crippen molar-refractivity contribution in [3.8, 4) is 0 Å². The van der Waals surface area contributed by atoms with Crippen LogP contribution in [0.4, 0.5) is 0 Å². The molecule has 18 atom stereocenters. The second-order valence-electron chi connectivity index (χ2n) is 26.4. The van der Waals surface area contributed by atoms with Crippen LogP contribution < -0.4 is 10.6 Å². The van der Waals surface area contributed by atoms with Gasteiger partial charge in [0.05, 0.1) is 50.7 Å². The molecule has 0 spiro atoms. The first-order valence-electron chi connectivity index (χ1n) is 36.2. The number of carboxylic acid groups (broad SMARTS) is 1. The molecular formula is C70H128N2O21. The second kappa shape index (κ2) is 50.5. The molecule has 0 aliphatic carbocycles. The Bertz CT molecular complexity index is 1970. The fourth-order valence-corrected chi connectivity index (χ4v) is 12.6. The summed E-state index contributed by atoms with van der Waals surface area (Å²) in [5, 5.41) is 136. The number of hydrogen-bond acceptors (Lipinski definition) is 20. The van der Waals surface area contributed by atoms with Gasteiger partial charge in [-0.05, 0) is 44.9 Å². The van der Waals surface area contributed by atoms with Crippen molar-refractivity contribution in [1.29, 1.82) is 0 Å². The number of hydrogen-bond donors (Lipinski definition) is 14. The molecule has 3 saturated heterocycles. The van der Waals surface area contributed by atoms with Gasteiger partial charge in [-0.3, -0.25) is 9.59 Å². The minimum absolute atomic E-state index is 0.199. The van der Waals surface area contributed by atoms with Gasteiger partial charge in [0.25, 0.3) is 5.79 Å². The Morgan fingerprint density at radius 3 is 1.46 bits per heavy atom. The molecule has 3 rings (SSSR count). The largest absolute Gasteiger partial charge is 0.477 e. The summed E-state index contributed by atoms with van der Waals surface area (Å²) in [6.45, 7) is 2.14. The molecule has 0 aromatic heterocycles. The Balaban J connectivity index is 1.55. The van der Waals surface area contributed by atoms with E-state index in [2.05, 4.69) is 36.6 Å². The maximum absolute atomic E-state index is 13.5. The monoisotopic (exact) mass is 1330 g/mol. The van der Waals surface area contributed by atoms with E-state index in [4.69, 9.17) is 28.4 Å². The molecule has 3 heterocycles. The van der Waals surface area contributed by atoms with Crippen LogP contribution in [0.25, 0.3) is 0 Å². The molecule has 0 radical (unpaired) electrons. The molecule has 544 valence electrons. The van der Waals surface area contributed by atoms with E-state index in [1.54, 1.807) is 6.08 Å². The minimum atomic E-state index is -3.08. The Labute approximate surface area is 555 Å². The van der Waals surface area contributed by atoms with Crippen molar-refractivity contribution in [3.05, 3.63) is 24.3 Å². The van der Waals surface area contributed by atoms with E-state index >= 15 is 0 Å². The average Bonchev–Trinajstić information content (AvgIpc) is 0.765. The summed E-state index contributed by atoms with van der Waals surface area (Å²) in [6.07, 6.45) is 22.3. The number of ether oxygens (including phenoxy) is 6. The molecule has 14 N–H and O–H groups in total. The third-order valence-electron chi connectivity index (χ3n) is 18.4. The highest BCUT2D eigenvalue weighted by molar-refractivity contribution is 5.77. The van der Waals surface area contributed by atoms with Crippen LogP contribution in [-0.4, -0.2) is 215 Å². The minimum Gasteiger partial charge on any atom is -0.477 e. The summed E-state index contributed by atoms with van der Waals surface area (Å²) in [7, 11) is 0. The summed E-state index contributed by atoms with van der Waals surface area (Å²) in [5.41, 5.74) is 0. The normalized spacial score (nSPS) is 28.2. The smallest absolute Gasteiger partial charge is 0.364 e. The van der Waals surface area contributed by atoms with Crippen LogP contribution >= 0.6 is 0 Å².